The van der Waals surface area contributed by atoms with Crippen LogP contribution in [-0.2, 0) is 9.47 Å². The number of nitro groups is 1. The van der Waals surface area contributed by atoms with E-state index >= 15 is 0 Å². The highest BCUT2D eigenvalue weighted by Gasteiger charge is 2.24. The Morgan fingerprint density at radius 3 is 2.55 bits per heavy atom. The molecule has 0 unspecified atom stereocenters. The number of hydrogen-bond donors (Lipinski definition) is 0. The molecule has 2 aromatic carbocycles. The third-order valence-electron chi connectivity index (χ3n) is 4.32. The number of nitrogens with zero attached hydrogens (tertiary/aromatic N) is 2. The van der Waals surface area contributed by atoms with E-state index in [0.717, 1.165) is 6.07 Å². The van der Waals surface area contributed by atoms with Crippen molar-refractivity contribution in [1.29, 1.82) is 0 Å². The van der Waals surface area contributed by atoms with Crippen LogP contribution in [0.3, 0.4) is 0 Å². The number of carbonyl (C=O) groups excluding carboxylic acids is 2. The van der Waals surface area contributed by atoms with Crippen molar-refractivity contribution in [2.24, 2.45) is 0 Å². The lowest BCUT2D eigenvalue weighted by Gasteiger charge is -2.28. The Kier molecular flexibility index (Phi) is 6.68. The molecule has 0 spiro atoms. The maximum Gasteiger partial charge on any atom is 0.338 e. The van der Waals surface area contributed by atoms with Crippen molar-refractivity contribution in [3.05, 3.63) is 67.7 Å². The number of ether oxygens (including phenoxy) is 2. The van der Waals surface area contributed by atoms with Gasteiger partial charge in [0.25, 0.3) is 5.69 Å². The molecule has 152 valence electrons. The van der Waals surface area contributed by atoms with Gasteiger partial charge in [0.05, 0.1) is 28.7 Å². The zero-order valence-corrected chi connectivity index (χ0v) is 16.6. The van der Waals surface area contributed by atoms with E-state index in [9.17, 15) is 19.7 Å². The van der Waals surface area contributed by atoms with E-state index in [1.54, 1.807) is 0 Å². The Bertz CT molecular complexity index is 960. The molecule has 0 saturated carbocycles. The van der Waals surface area contributed by atoms with Gasteiger partial charge < -0.3 is 14.4 Å². The van der Waals surface area contributed by atoms with Gasteiger partial charge in [0.2, 0.25) is 5.78 Å². The summed E-state index contributed by atoms with van der Waals surface area (Å²) < 4.78 is 10.3. The molecule has 29 heavy (non-hydrogen) atoms. The van der Waals surface area contributed by atoms with Crippen LogP contribution >= 0.6 is 23.2 Å². The molecule has 10 heteroatoms. The zero-order chi connectivity index (χ0) is 21.0. The molecule has 0 aliphatic carbocycles. The van der Waals surface area contributed by atoms with Gasteiger partial charge in [-0.3, -0.25) is 14.9 Å². The molecule has 1 aliphatic heterocycles. The minimum atomic E-state index is -0.854. The summed E-state index contributed by atoms with van der Waals surface area (Å²) in [6.45, 7) is 1.39. The van der Waals surface area contributed by atoms with Crippen LogP contribution in [0.4, 0.5) is 11.4 Å². The number of morpholine rings is 1. The first-order chi connectivity index (χ1) is 13.9. The number of Topliss-reactive ketones (excluding diaryl/α,β-unsaturated/α-hetero) is 1. The fourth-order valence-electron chi connectivity index (χ4n) is 2.87. The standard InChI is InChI=1S/C19H16Cl2N2O6/c20-13-2-3-15(21)14(10-13)18(24)11-29-19(25)12-1-4-16(17(9-12)23(26)27)22-5-7-28-8-6-22/h1-4,9-10H,5-8,11H2. The Morgan fingerprint density at radius 1 is 1.14 bits per heavy atom. The smallest absolute Gasteiger partial charge is 0.338 e. The van der Waals surface area contributed by atoms with E-state index in [1.807, 2.05) is 4.90 Å². The van der Waals surface area contributed by atoms with Crippen LogP contribution in [0, 0.1) is 10.1 Å². The molecule has 8 nitrogen and oxygen atoms in total. The number of benzene rings is 2. The predicted octanol–water partition coefficient (Wildman–Crippen LogP) is 3.78. The Hall–Kier alpha value is -2.68. The van der Waals surface area contributed by atoms with Gasteiger partial charge in [-0.05, 0) is 30.3 Å². The first-order valence-corrected chi connectivity index (χ1v) is 9.39. The van der Waals surface area contributed by atoms with Crippen molar-refractivity contribution < 1.29 is 24.0 Å². The molecule has 0 aromatic heterocycles. The second-order valence-corrected chi connectivity index (χ2v) is 7.03. The highest BCUT2D eigenvalue weighted by Crippen LogP contribution is 2.30. The van der Waals surface area contributed by atoms with Crippen LogP contribution in [0.2, 0.25) is 10.0 Å². The van der Waals surface area contributed by atoms with Gasteiger partial charge in [0.1, 0.15) is 5.69 Å². The molecular formula is C19H16Cl2N2O6. The van der Waals surface area contributed by atoms with Gasteiger partial charge in [-0.2, -0.15) is 0 Å². The molecule has 1 aliphatic rings. The summed E-state index contributed by atoms with van der Waals surface area (Å²) in [6, 6.07) is 8.44. The molecule has 1 saturated heterocycles. The summed E-state index contributed by atoms with van der Waals surface area (Å²) in [4.78, 5) is 37.3. The Labute approximate surface area is 176 Å². The average molecular weight is 439 g/mol. The van der Waals surface area contributed by atoms with Crippen LogP contribution in [0.15, 0.2) is 36.4 Å². The first-order valence-electron chi connectivity index (χ1n) is 8.63. The topological polar surface area (TPSA) is 99.0 Å². The quantitative estimate of drug-likeness (QED) is 0.292. The van der Waals surface area contributed by atoms with Crippen LogP contribution < -0.4 is 4.90 Å². The van der Waals surface area contributed by atoms with Crippen LogP contribution in [0.25, 0.3) is 0 Å². The number of nitro benzene ring substituents is 1. The molecule has 0 radical (unpaired) electrons. The van der Waals surface area contributed by atoms with Crippen molar-refractivity contribution in [3.8, 4) is 0 Å². The van der Waals surface area contributed by atoms with E-state index in [0.29, 0.717) is 37.0 Å². The molecular weight excluding hydrogens is 423 g/mol. The molecule has 0 N–H and O–H groups in total. The van der Waals surface area contributed by atoms with Gasteiger partial charge in [0.15, 0.2) is 6.61 Å². The van der Waals surface area contributed by atoms with Gasteiger partial charge in [-0.25, -0.2) is 4.79 Å². The highest BCUT2D eigenvalue weighted by molar-refractivity contribution is 6.36. The van der Waals surface area contributed by atoms with Crippen LogP contribution in [0.5, 0.6) is 0 Å². The van der Waals surface area contributed by atoms with Crippen molar-refractivity contribution >= 4 is 46.3 Å². The van der Waals surface area contributed by atoms with E-state index in [-0.39, 0.29) is 21.8 Å². The van der Waals surface area contributed by atoms with E-state index in [2.05, 4.69) is 0 Å². The van der Waals surface area contributed by atoms with E-state index < -0.39 is 23.3 Å². The second kappa shape index (κ2) is 9.21. The molecule has 1 fully saturated rings. The molecule has 2 aromatic rings. The number of carbonyl (C=O) groups is 2. The lowest BCUT2D eigenvalue weighted by Crippen LogP contribution is -2.36. The van der Waals surface area contributed by atoms with Crippen molar-refractivity contribution in [1.82, 2.24) is 0 Å². The summed E-state index contributed by atoms with van der Waals surface area (Å²) in [5, 5.41) is 12.0. The van der Waals surface area contributed by atoms with Crippen molar-refractivity contribution in [3.63, 3.8) is 0 Å². The van der Waals surface area contributed by atoms with Gasteiger partial charge in [-0.15, -0.1) is 0 Å². The molecule has 1 heterocycles. The summed E-state index contributed by atoms with van der Waals surface area (Å²) in [6.07, 6.45) is 0. The maximum absolute atomic E-state index is 12.3. The SMILES string of the molecule is O=C(OCC(=O)c1cc(Cl)ccc1Cl)c1ccc(N2CCOCC2)c([N+](=O)[O-])c1. The minimum absolute atomic E-state index is 0.0290. The van der Waals surface area contributed by atoms with E-state index in [4.69, 9.17) is 32.7 Å². The van der Waals surface area contributed by atoms with Crippen molar-refractivity contribution in [2.45, 2.75) is 0 Å². The number of halogens is 2. The summed E-state index contributed by atoms with van der Waals surface area (Å²) in [5.74, 6) is -1.39. The van der Waals surface area contributed by atoms with Gasteiger partial charge in [-0.1, -0.05) is 23.2 Å². The molecule has 0 bridgehead atoms. The lowest BCUT2D eigenvalue weighted by molar-refractivity contribution is -0.384. The monoisotopic (exact) mass is 438 g/mol. The molecule has 0 atom stereocenters. The number of ketones is 1. The Balaban J connectivity index is 1.73. The van der Waals surface area contributed by atoms with Gasteiger partial charge in [0, 0.05) is 29.7 Å². The van der Waals surface area contributed by atoms with Crippen LogP contribution in [-0.4, -0.2) is 49.6 Å². The number of anilines is 1. The average Bonchev–Trinajstić information content (AvgIpc) is 2.73. The second-order valence-electron chi connectivity index (χ2n) is 6.18. The van der Waals surface area contributed by atoms with Crippen molar-refractivity contribution in [2.75, 3.05) is 37.8 Å². The first kappa shape index (κ1) is 21.0. The summed E-state index contributed by atoms with van der Waals surface area (Å²) in [5.41, 5.74) is 0.279. The maximum atomic E-state index is 12.3. The largest absolute Gasteiger partial charge is 0.454 e. The summed E-state index contributed by atoms with van der Waals surface area (Å²) >= 11 is 11.8. The third kappa shape index (κ3) is 5.03. The zero-order valence-electron chi connectivity index (χ0n) is 15.1. The van der Waals surface area contributed by atoms with E-state index in [1.165, 1.54) is 30.3 Å². The molecule has 0 amide bonds. The fraction of sp³-hybridized carbons (Fsp3) is 0.263. The fourth-order valence-corrected chi connectivity index (χ4v) is 3.27. The Morgan fingerprint density at radius 2 is 1.86 bits per heavy atom. The normalized spacial score (nSPS) is 13.8. The highest BCUT2D eigenvalue weighted by atomic mass is 35.5. The minimum Gasteiger partial charge on any atom is -0.454 e. The number of rotatable bonds is 6. The summed E-state index contributed by atoms with van der Waals surface area (Å²) in [7, 11) is 0. The molecule has 3 rings (SSSR count). The lowest BCUT2D eigenvalue weighted by atomic mass is 10.1. The third-order valence-corrected chi connectivity index (χ3v) is 4.89. The van der Waals surface area contributed by atoms with Crippen LogP contribution in [0.1, 0.15) is 20.7 Å². The number of esters is 1. The van der Waals surface area contributed by atoms with Gasteiger partial charge >= 0.3 is 5.97 Å². The predicted molar refractivity (Wildman–Crippen MR) is 107 cm³/mol. The number of hydrogen-bond acceptors (Lipinski definition) is 7.